The smallest absolute Gasteiger partial charge is 0.407 e. The molecule has 0 aliphatic carbocycles. The van der Waals surface area contributed by atoms with Crippen molar-refractivity contribution in [3.8, 4) is 22.4 Å². The molecule has 4 aliphatic rings. The molecule has 12 heteroatoms. The average Bonchev–Trinajstić information content (AvgIpc) is 4.15. The number of aromatic nitrogens is 2. The fourth-order valence-electron chi connectivity index (χ4n) is 9.58. The molecule has 2 N–H and O–H groups in total. The molecule has 0 bridgehead atoms. The van der Waals surface area contributed by atoms with Crippen molar-refractivity contribution in [3.05, 3.63) is 108 Å². The monoisotopic (exact) mass is 811 g/mol. The van der Waals surface area contributed by atoms with Gasteiger partial charge in [0.1, 0.15) is 17.9 Å². The number of carbonyl (C=O) groups is 3. The van der Waals surface area contributed by atoms with Crippen molar-refractivity contribution in [1.82, 2.24) is 30.0 Å². The lowest BCUT2D eigenvalue weighted by molar-refractivity contribution is -0.137. The molecule has 3 saturated heterocycles. The molecule has 0 radical (unpaired) electrons. The quantitative estimate of drug-likeness (QED) is 0.141. The second kappa shape index (κ2) is 18.8. The second-order valence-electron chi connectivity index (χ2n) is 16.3. The number of likely N-dealkylation sites (tertiary alicyclic amines) is 2. The minimum Gasteiger partial charge on any atom is -0.453 e. The summed E-state index contributed by atoms with van der Waals surface area (Å²) in [4.78, 5) is 59.9. The number of methoxy groups -OCH3 is 1. The van der Waals surface area contributed by atoms with Gasteiger partial charge in [0.25, 0.3) is 0 Å². The Balaban J connectivity index is 0.896. The van der Waals surface area contributed by atoms with Gasteiger partial charge in [-0.3, -0.25) is 19.5 Å². The average molecular weight is 812 g/mol. The summed E-state index contributed by atoms with van der Waals surface area (Å²) in [5.41, 5.74) is 8.54. The minimum absolute atomic E-state index is 0.0150. The Morgan fingerprint density at radius 1 is 0.817 bits per heavy atom. The van der Waals surface area contributed by atoms with Gasteiger partial charge in [0.15, 0.2) is 0 Å². The van der Waals surface area contributed by atoms with Crippen LogP contribution in [0.5, 0.6) is 0 Å². The normalized spacial score (nSPS) is 20.5. The Morgan fingerprint density at radius 3 is 2.08 bits per heavy atom. The van der Waals surface area contributed by atoms with Crippen molar-refractivity contribution in [3.63, 3.8) is 0 Å². The summed E-state index contributed by atoms with van der Waals surface area (Å²) in [6.45, 7) is 8.36. The molecule has 0 spiro atoms. The molecule has 4 aromatic rings. The van der Waals surface area contributed by atoms with Gasteiger partial charge in [0.05, 0.1) is 31.1 Å². The lowest BCUT2D eigenvalue weighted by atomic mass is 9.90. The van der Waals surface area contributed by atoms with E-state index in [2.05, 4.69) is 94.6 Å². The van der Waals surface area contributed by atoms with Crippen LogP contribution in [0.15, 0.2) is 96.3 Å². The van der Waals surface area contributed by atoms with Gasteiger partial charge in [-0.15, -0.1) is 0 Å². The van der Waals surface area contributed by atoms with Gasteiger partial charge in [0, 0.05) is 44.6 Å². The number of hydrogen-bond acceptors (Lipinski definition) is 8. The van der Waals surface area contributed by atoms with E-state index >= 15 is 0 Å². The molecule has 0 unspecified atom stereocenters. The highest BCUT2D eigenvalue weighted by Crippen LogP contribution is 2.36. The van der Waals surface area contributed by atoms with E-state index in [9.17, 15) is 14.4 Å². The number of benzene rings is 3. The number of amides is 3. The number of alkyl carbamates (subject to hydrolysis) is 1. The van der Waals surface area contributed by atoms with Crippen LogP contribution in [-0.4, -0.2) is 107 Å². The van der Waals surface area contributed by atoms with Gasteiger partial charge in [-0.2, -0.15) is 0 Å². The summed E-state index contributed by atoms with van der Waals surface area (Å²) in [5.74, 6) is 0.801. The number of ether oxygens (including phenoxy) is 2. The zero-order valence-electron chi connectivity index (χ0n) is 35.0. The van der Waals surface area contributed by atoms with Crippen LogP contribution >= 0.6 is 0 Å². The second-order valence-corrected chi connectivity index (χ2v) is 16.3. The van der Waals surface area contributed by atoms with Crippen LogP contribution in [0.2, 0.25) is 0 Å². The third-order valence-electron chi connectivity index (χ3n) is 12.9. The number of H-pyrrole nitrogens is 1. The van der Waals surface area contributed by atoms with Crippen LogP contribution in [0.25, 0.3) is 28.0 Å². The van der Waals surface area contributed by atoms with Crippen LogP contribution < -0.4 is 5.32 Å². The SMILES string of the molecule is CCN(CC)[C@@H](C(=O)N1CCC[C@H]1C1=NC=C(c2ccc(-c3ccc(-c4cnc([C@@H]5CCCN5C(=O)[C@@H](NC(=O)OC)C5CCOCC5)[nH]4)cc3)cc2)C1)c1ccccc1. The maximum Gasteiger partial charge on any atom is 0.407 e. The molecule has 1 aromatic heterocycles. The number of nitrogens with zero attached hydrogens (tertiary/aromatic N) is 5. The summed E-state index contributed by atoms with van der Waals surface area (Å²) in [7, 11) is 1.32. The van der Waals surface area contributed by atoms with Gasteiger partial charge in [-0.25, -0.2) is 9.78 Å². The highest BCUT2D eigenvalue weighted by molar-refractivity contribution is 6.03. The maximum atomic E-state index is 14.3. The zero-order valence-corrected chi connectivity index (χ0v) is 35.0. The van der Waals surface area contributed by atoms with Gasteiger partial charge in [-0.1, -0.05) is 92.7 Å². The van der Waals surface area contributed by atoms with E-state index in [1.165, 1.54) is 12.7 Å². The van der Waals surface area contributed by atoms with Gasteiger partial charge in [-0.05, 0) is 90.9 Å². The van der Waals surface area contributed by atoms with E-state index in [1.54, 1.807) is 0 Å². The molecule has 3 amide bonds. The molecule has 0 saturated carbocycles. The van der Waals surface area contributed by atoms with E-state index in [-0.39, 0.29) is 35.9 Å². The highest BCUT2D eigenvalue weighted by Gasteiger charge is 2.41. The maximum absolute atomic E-state index is 14.3. The minimum atomic E-state index is -0.671. The Bertz CT molecular complexity index is 2170. The number of aliphatic imine (C=N–C) groups is 1. The topological polar surface area (TPSA) is 132 Å². The van der Waals surface area contributed by atoms with E-state index in [0.717, 1.165) is 96.8 Å². The van der Waals surface area contributed by atoms with Crippen molar-refractivity contribution in [1.29, 1.82) is 0 Å². The summed E-state index contributed by atoms with van der Waals surface area (Å²) in [6.07, 6.45) is 8.94. The van der Waals surface area contributed by atoms with Gasteiger partial charge < -0.3 is 29.6 Å². The Kier molecular flexibility index (Phi) is 12.9. The van der Waals surface area contributed by atoms with Crippen LogP contribution in [-0.2, 0) is 19.1 Å². The van der Waals surface area contributed by atoms with Crippen molar-refractivity contribution in [2.45, 2.75) is 83.0 Å². The summed E-state index contributed by atoms with van der Waals surface area (Å²) >= 11 is 0. The molecular formula is C48H57N7O5. The number of aromatic amines is 1. The first kappa shape index (κ1) is 41.2. The Morgan fingerprint density at radius 2 is 1.43 bits per heavy atom. The van der Waals surface area contributed by atoms with Crippen molar-refractivity contribution >= 4 is 29.2 Å². The molecular weight excluding hydrogens is 755 g/mol. The molecule has 3 aromatic carbocycles. The molecule has 3 fully saturated rings. The third-order valence-corrected chi connectivity index (χ3v) is 12.9. The van der Waals surface area contributed by atoms with E-state index in [1.807, 2.05) is 35.5 Å². The standard InChI is InChI=1S/C48H57N7O5/c1-4-53(5-2)44(37-11-7-6-8-12-37)47(57)54-25-9-13-41(54)39-29-38(30-49-39)34-17-15-32(16-18-34)33-19-21-35(22-20-33)40-31-50-45(51-40)42-14-10-26-55(42)46(56)43(52-48(58)59-3)36-23-27-60-28-24-36/h6-8,11-12,15-22,30-31,36,41-44H,4-5,9-10,13-14,23-29H2,1-3H3,(H,50,51)(H,52,58)/t41-,42-,43-,44+/m0/s1. The molecule has 4 aliphatic heterocycles. The molecule has 60 heavy (non-hydrogen) atoms. The van der Waals surface area contributed by atoms with Crippen LogP contribution in [0, 0.1) is 5.92 Å². The summed E-state index contributed by atoms with van der Waals surface area (Å²) in [5, 5.41) is 2.82. The van der Waals surface area contributed by atoms with E-state index in [0.29, 0.717) is 32.6 Å². The number of likely N-dealkylation sites (N-methyl/N-ethyl adjacent to an activating group) is 1. The largest absolute Gasteiger partial charge is 0.453 e. The molecule has 4 atom stereocenters. The van der Waals surface area contributed by atoms with Crippen molar-refractivity contribution < 1.29 is 23.9 Å². The van der Waals surface area contributed by atoms with Crippen LogP contribution in [0.3, 0.4) is 0 Å². The lowest BCUT2D eigenvalue weighted by Crippen LogP contribution is -2.53. The first-order valence-electron chi connectivity index (χ1n) is 21.7. The molecule has 5 heterocycles. The van der Waals surface area contributed by atoms with Crippen LogP contribution in [0.1, 0.15) is 87.8 Å². The van der Waals surface area contributed by atoms with E-state index < -0.39 is 12.1 Å². The number of hydrogen-bond donors (Lipinski definition) is 2. The Hall–Kier alpha value is -5.59. The third kappa shape index (κ3) is 8.67. The lowest BCUT2D eigenvalue weighted by Gasteiger charge is -2.35. The zero-order chi connectivity index (χ0) is 41.6. The fraction of sp³-hybridized carbons (Fsp3) is 0.438. The van der Waals surface area contributed by atoms with Crippen molar-refractivity contribution in [2.75, 3.05) is 46.5 Å². The highest BCUT2D eigenvalue weighted by atomic mass is 16.5. The van der Waals surface area contributed by atoms with Gasteiger partial charge >= 0.3 is 6.09 Å². The predicted molar refractivity (Wildman–Crippen MR) is 233 cm³/mol. The summed E-state index contributed by atoms with van der Waals surface area (Å²) < 4.78 is 10.4. The first-order chi connectivity index (χ1) is 29.4. The molecule has 8 rings (SSSR count). The Labute approximate surface area is 353 Å². The number of rotatable bonds is 13. The fourth-order valence-corrected chi connectivity index (χ4v) is 9.58. The predicted octanol–water partition coefficient (Wildman–Crippen LogP) is 7.82. The first-order valence-corrected chi connectivity index (χ1v) is 21.7. The number of imidazole rings is 1. The molecule has 314 valence electrons. The van der Waals surface area contributed by atoms with E-state index in [4.69, 9.17) is 19.5 Å². The van der Waals surface area contributed by atoms with Gasteiger partial charge in [0.2, 0.25) is 11.8 Å². The summed E-state index contributed by atoms with van der Waals surface area (Å²) in [6, 6.07) is 26.1. The number of allylic oxidation sites excluding steroid dienone is 1. The van der Waals surface area contributed by atoms with Crippen molar-refractivity contribution in [2.24, 2.45) is 10.9 Å². The molecule has 12 nitrogen and oxygen atoms in total. The van der Waals surface area contributed by atoms with Crippen LogP contribution in [0.4, 0.5) is 4.79 Å². The number of carbonyl (C=O) groups excluding carboxylic acids is 3. The number of nitrogens with one attached hydrogen (secondary N) is 2.